The molecule has 3 aromatic rings. The molecule has 0 radical (unpaired) electrons. The molecule has 7 nitrogen and oxygen atoms in total. The molecule has 4 rings (SSSR count). The molecule has 11 heteroatoms. The third-order valence-electron chi connectivity index (χ3n) is 7.20. The summed E-state index contributed by atoms with van der Waals surface area (Å²) in [5, 5.41) is 4.23. The van der Waals surface area contributed by atoms with Gasteiger partial charge in [0.2, 0.25) is 11.8 Å². The fourth-order valence-corrected chi connectivity index (χ4v) is 6.85. The number of benzene rings is 3. The van der Waals surface area contributed by atoms with Crippen molar-refractivity contribution >= 4 is 62.3 Å². The van der Waals surface area contributed by atoms with Crippen molar-refractivity contribution < 1.29 is 18.0 Å². The van der Waals surface area contributed by atoms with Gasteiger partial charge in [0.25, 0.3) is 10.0 Å². The molecule has 0 bridgehead atoms. The van der Waals surface area contributed by atoms with E-state index in [9.17, 15) is 18.0 Å². The highest BCUT2D eigenvalue weighted by molar-refractivity contribution is 7.92. The standard InChI is InChI=1S/C30H32Cl3N3O4S/c1-21(30(38)34-25-8-4-2-5-9-25)35(19-22-12-13-24(32)18-28(22)33)29(37)20-36(26-10-6-3-7-11-26)41(39,40)27-16-14-23(31)15-17-27/h3,6-7,10-18,21,25H,2,4-5,8-9,19-20H2,1H3,(H,34,38)/t21-/m1/s1. The first-order valence-corrected chi connectivity index (χ1v) is 16.0. The number of halogens is 3. The summed E-state index contributed by atoms with van der Waals surface area (Å²) in [4.78, 5) is 28.8. The first kappa shape index (κ1) is 31.2. The molecule has 0 aliphatic heterocycles. The minimum atomic E-state index is -4.17. The molecule has 0 heterocycles. The number of nitrogens with one attached hydrogen (secondary N) is 1. The van der Waals surface area contributed by atoms with Gasteiger partial charge in [0, 0.05) is 27.7 Å². The summed E-state index contributed by atoms with van der Waals surface area (Å²) in [7, 11) is -4.17. The van der Waals surface area contributed by atoms with Crippen molar-refractivity contribution in [3.8, 4) is 0 Å². The second-order valence-electron chi connectivity index (χ2n) is 10.1. The largest absolute Gasteiger partial charge is 0.352 e. The molecule has 1 aliphatic rings. The molecule has 1 saturated carbocycles. The van der Waals surface area contributed by atoms with Gasteiger partial charge in [-0.3, -0.25) is 13.9 Å². The summed E-state index contributed by atoms with van der Waals surface area (Å²) >= 11 is 18.5. The molecule has 1 atom stereocenters. The predicted octanol–water partition coefficient (Wildman–Crippen LogP) is 6.71. The summed E-state index contributed by atoms with van der Waals surface area (Å²) in [5.74, 6) is -0.870. The average molecular weight is 637 g/mol. The number of carbonyl (C=O) groups excluding carboxylic acids is 2. The van der Waals surface area contributed by atoms with Crippen LogP contribution in [0.1, 0.15) is 44.6 Å². The van der Waals surface area contributed by atoms with Crippen LogP contribution in [0.4, 0.5) is 5.69 Å². The Labute approximate surface area is 256 Å². The van der Waals surface area contributed by atoms with Gasteiger partial charge in [-0.2, -0.15) is 0 Å². The first-order chi connectivity index (χ1) is 19.6. The summed E-state index contributed by atoms with van der Waals surface area (Å²) in [6.07, 6.45) is 4.99. The molecular formula is C30H32Cl3N3O4S. The van der Waals surface area contributed by atoms with Crippen LogP contribution in [0, 0.1) is 0 Å². The van der Waals surface area contributed by atoms with E-state index in [1.807, 2.05) is 0 Å². The Bertz CT molecular complexity index is 1460. The SMILES string of the molecule is C[C@H](C(=O)NC1CCCCC1)N(Cc1ccc(Cl)cc1Cl)C(=O)CN(c1ccccc1)S(=O)(=O)c1ccc(Cl)cc1. The lowest BCUT2D eigenvalue weighted by Gasteiger charge is -2.33. The van der Waals surface area contributed by atoms with Gasteiger partial charge >= 0.3 is 0 Å². The number of anilines is 1. The molecule has 0 spiro atoms. The molecule has 0 aromatic heterocycles. The second-order valence-corrected chi connectivity index (χ2v) is 13.2. The van der Waals surface area contributed by atoms with Crippen molar-refractivity contribution in [2.75, 3.05) is 10.8 Å². The van der Waals surface area contributed by atoms with E-state index in [2.05, 4.69) is 5.32 Å². The van der Waals surface area contributed by atoms with Crippen LogP contribution in [0.2, 0.25) is 15.1 Å². The summed E-state index contributed by atoms with van der Waals surface area (Å²) in [6, 6.07) is 18.2. The van der Waals surface area contributed by atoms with Crippen LogP contribution < -0.4 is 9.62 Å². The van der Waals surface area contributed by atoms with Crippen LogP contribution in [0.5, 0.6) is 0 Å². The van der Waals surface area contributed by atoms with E-state index >= 15 is 0 Å². The fraction of sp³-hybridized carbons (Fsp3) is 0.333. The van der Waals surface area contributed by atoms with E-state index in [-0.39, 0.29) is 23.4 Å². The van der Waals surface area contributed by atoms with Crippen molar-refractivity contribution in [2.24, 2.45) is 0 Å². The number of carbonyl (C=O) groups is 2. The Morgan fingerprint density at radius 3 is 2.17 bits per heavy atom. The summed E-state index contributed by atoms with van der Waals surface area (Å²) < 4.78 is 28.7. The number of rotatable bonds is 10. The third-order valence-corrected chi connectivity index (χ3v) is 9.83. The van der Waals surface area contributed by atoms with Crippen LogP contribution in [-0.2, 0) is 26.2 Å². The van der Waals surface area contributed by atoms with Gasteiger partial charge in [0.15, 0.2) is 0 Å². The highest BCUT2D eigenvalue weighted by Gasteiger charge is 2.33. The van der Waals surface area contributed by atoms with Crippen LogP contribution in [0.3, 0.4) is 0 Å². The lowest BCUT2D eigenvalue weighted by Crippen LogP contribution is -2.53. The van der Waals surface area contributed by atoms with E-state index in [4.69, 9.17) is 34.8 Å². The second kappa shape index (κ2) is 13.9. The van der Waals surface area contributed by atoms with Gasteiger partial charge < -0.3 is 10.2 Å². The monoisotopic (exact) mass is 635 g/mol. The van der Waals surface area contributed by atoms with Crippen molar-refractivity contribution in [2.45, 2.75) is 62.6 Å². The maximum atomic E-state index is 14.0. The van der Waals surface area contributed by atoms with Crippen LogP contribution >= 0.6 is 34.8 Å². The smallest absolute Gasteiger partial charge is 0.264 e. The van der Waals surface area contributed by atoms with E-state index in [0.29, 0.717) is 26.3 Å². The maximum Gasteiger partial charge on any atom is 0.264 e. The molecular weight excluding hydrogens is 605 g/mol. The van der Waals surface area contributed by atoms with E-state index in [0.717, 1.165) is 36.4 Å². The van der Waals surface area contributed by atoms with Crippen molar-refractivity contribution in [1.29, 1.82) is 0 Å². The van der Waals surface area contributed by atoms with E-state index in [1.54, 1.807) is 55.5 Å². The van der Waals surface area contributed by atoms with Crippen LogP contribution in [0.25, 0.3) is 0 Å². The molecule has 3 aromatic carbocycles. The Balaban J connectivity index is 1.67. The molecule has 1 N–H and O–H groups in total. The number of hydrogen-bond donors (Lipinski definition) is 1. The Hall–Kier alpha value is -2.78. The van der Waals surface area contributed by atoms with Crippen LogP contribution in [-0.4, -0.2) is 43.8 Å². The lowest BCUT2D eigenvalue weighted by atomic mass is 9.95. The van der Waals surface area contributed by atoms with Gasteiger partial charge in [-0.15, -0.1) is 0 Å². The number of amides is 2. The number of sulfonamides is 1. The van der Waals surface area contributed by atoms with Gasteiger partial charge in [-0.1, -0.05) is 78.3 Å². The quantitative estimate of drug-likeness (QED) is 0.268. The fourth-order valence-electron chi connectivity index (χ4n) is 4.84. The summed E-state index contributed by atoms with van der Waals surface area (Å²) in [5.41, 5.74) is 0.883. The van der Waals surface area contributed by atoms with E-state index < -0.39 is 28.5 Å². The van der Waals surface area contributed by atoms with Crippen molar-refractivity contribution in [3.63, 3.8) is 0 Å². The zero-order valence-electron chi connectivity index (χ0n) is 22.6. The van der Waals surface area contributed by atoms with Gasteiger partial charge in [0.05, 0.1) is 10.6 Å². The molecule has 218 valence electrons. The highest BCUT2D eigenvalue weighted by Crippen LogP contribution is 2.27. The highest BCUT2D eigenvalue weighted by atomic mass is 35.5. The van der Waals surface area contributed by atoms with E-state index in [1.165, 1.54) is 29.2 Å². The topological polar surface area (TPSA) is 86.8 Å². The molecule has 41 heavy (non-hydrogen) atoms. The minimum Gasteiger partial charge on any atom is -0.352 e. The van der Waals surface area contributed by atoms with Crippen LogP contribution in [0.15, 0.2) is 77.7 Å². The Morgan fingerprint density at radius 1 is 0.902 bits per heavy atom. The molecule has 2 amide bonds. The third kappa shape index (κ3) is 7.95. The Kier molecular flexibility index (Phi) is 10.6. The maximum absolute atomic E-state index is 14.0. The summed E-state index contributed by atoms with van der Waals surface area (Å²) in [6.45, 7) is 1.08. The number of para-hydroxylation sites is 1. The average Bonchev–Trinajstić information content (AvgIpc) is 2.96. The Morgan fingerprint density at radius 2 is 1.54 bits per heavy atom. The first-order valence-electron chi connectivity index (χ1n) is 13.4. The predicted molar refractivity (Wildman–Crippen MR) is 164 cm³/mol. The minimum absolute atomic E-state index is 0.0162. The zero-order chi connectivity index (χ0) is 29.6. The zero-order valence-corrected chi connectivity index (χ0v) is 25.7. The molecule has 0 saturated heterocycles. The van der Waals surface area contributed by atoms with Gasteiger partial charge in [0.1, 0.15) is 12.6 Å². The molecule has 1 fully saturated rings. The number of nitrogens with zero attached hydrogens (tertiary/aromatic N) is 2. The molecule has 1 aliphatic carbocycles. The van der Waals surface area contributed by atoms with Crippen molar-refractivity contribution in [1.82, 2.24) is 10.2 Å². The number of hydrogen-bond acceptors (Lipinski definition) is 4. The molecule has 0 unspecified atom stereocenters. The van der Waals surface area contributed by atoms with Gasteiger partial charge in [-0.25, -0.2) is 8.42 Å². The van der Waals surface area contributed by atoms with Crippen molar-refractivity contribution in [3.05, 3.63) is 93.4 Å². The van der Waals surface area contributed by atoms with Gasteiger partial charge in [-0.05, 0) is 73.9 Å². The normalized spacial score (nSPS) is 14.7. The lowest BCUT2D eigenvalue weighted by molar-refractivity contribution is -0.139.